The van der Waals surface area contributed by atoms with E-state index < -0.39 is 18.1 Å². The zero-order chi connectivity index (χ0) is 15.8. The number of methoxy groups -OCH3 is 2. The number of carboxylic acids is 1. The van der Waals surface area contributed by atoms with E-state index in [9.17, 15) is 14.7 Å². The predicted molar refractivity (Wildman–Crippen MR) is 74.1 cm³/mol. The van der Waals surface area contributed by atoms with Crippen LogP contribution in [0.1, 0.15) is 12.8 Å². The number of ether oxygens (including phenoxy) is 2. The predicted octanol–water partition coefficient (Wildman–Crippen LogP) is -0.389. The molecule has 1 aliphatic heterocycles. The molecule has 8 nitrogen and oxygen atoms in total. The van der Waals surface area contributed by atoms with Crippen molar-refractivity contribution in [3.63, 3.8) is 0 Å². The first-order valence-electron chi connectivity index (χ1n) is 6.95. The lowest BCUT2D eigenvalue weighted by Crippen LogP contribution is -2.49. The number of aliphatic carboxylic acids is 1. The molecule has 0 aliphatic carbocycles. The zero-order valence-electron chi connectivity index (χ0n) is 12.5. The molecule has 1 rings (SSSR count). The molecule has 2 amide bonds. The summed E-state index contributed by atoms with van der Waals surface area (Å²) in [6.07, 6.45) is -0.0736. The average molecular weight is 304 g/mol. The van der Waals surface area contributed by atoms with Gasteiger partial charge in [-0.1, -0.05) is 0 Å². The number of carboxylic acid groups (broad SMARTS) is 1. The minimum absolute atomic E-state index is 0.0452. The lowest BCUT2D eigenvalue weighted by Gasteiger charge is -2.30. The highest BCUT2D eigenvalue weighted by Gasteiger charge is 2.40. The van der Waals surface area contributed by atoms with Gasteiger partial charge in [-0.05, 0) is 6.42 Å². The number of aliphatic hydroxyl groups excluding tert-OH is 1. The lowest BCUT2D eigenvalue weighted by atomic mass is 10.2. The van der Waals surface area contributed by atoms with Crippen LogP contribution in [0.4, 0.5) is 4.79 Å². The van der Waals surface area contributed by atoms with E-state index in [1.165, 1.54) is 16.9 Å². The third kappa shape index (κ3) is 5.14. The van der Waals surface area contributed by atoms with Crippen LogP contribution in [-0.2, 0) is 14.3 Å². The highest BCUT2D eigenvalue weighted by Crippen LogP contribution is 2.20. The molecule has 0 aromatic rings. The number of likely N-dealkylation sites (tertiary alicyclic amines) is 1. The van der Waals surface area contributed by atoms with Gasteiger partial charge in [0.2, 0.25) is 0 Å². The Kier molecular flexibility index (Phi) is 7.41. The topological polar surface area (TPSA) is 99.5 Å². The van der Waals surface area contributed by atoms with Gasteiger partial charge in [0.1, 0.15) is 6.04 Å². The van der Waals surface area contributed by atoms with Gasteiger partial charge in [-0.15, -0.1) is 0 Å². The van der Waals surface area contributed by atoms with E-state index in [-0.39, 0.29) is 19.0 Å². The number of rotatable bonds is 8. The molecule has 0 saturated carbocycles. The Balaban J connectivity index is 2.70. The summed E-state index contributed by atoms with van der Waals surface area (Å²) in [7, 11) is 3.12. The number of carbonyl (C=O) groups excluding carboxylic acids is 1. The van der Waals surface area contributed by atoms with Gasteiger partial charge in [-0.2, -0.15) is 0 Å². The summed E-state index contributed by atoms with van der Waals surface area (Å²) >= 11 is 0. The summed E-state index contributed by atoms with van der Waals surface area (Å²) in [5.41, 5.74) is 0. The van der Waals surface area contributed by atoms with Crippen molar-refractivity contribution < 1.29 is 29.3 Å². The molecule has 1 saturated heterocycles. The summed E-state index contributed by atoms with van der Waals surface area (Å²) in [6, 6.07) is -1.35. The van der Waals surface area contributed by atoms with Crippen LogP contribution in [0.25, 0.3) is 0 Å². The molecule has 0 aromatic carbocycles. The largest absolute Gasteiger partial charge is 0.480 e. The molecule has 8 heteroatoms. The van der Waals surface area contributed by atoms with Crippen LogP contribution in [0.3, 0.4) is 0 Å². The van der Waals surface area contributed by atoms with Crippen molar-refractivity contribution in [1.29, 1.82) is 0 Å². The molecular weight excluding hydrogens is 280 g/mol. The van der Waals surface area contributed by atoms with Crippen LogP contribution in [-0.4, -0.2) is 91.2 Å². The van der Waals surface area contributed by atoms with Crippen molar-refractivity contribution in [2.24, 2.45) is 0 Å². The number of amides is 2. The highest BCUT2D eigenvalue weighted by molar-refractivity contribution is 5.83. The molecule has 0 aromatic heterocycles. The van der Waals surface area contributed by atoms with Crippen molar-refractivity contribution in [3.05, 3.63) is 0 Å². The number of urea groups is 1. The van der Waals surface area contributed by atoms with E-state index in [2.05, 4.69) is 0 Å². The van der Waals surface area contributed by atoms with Crippen molar-refractivity contribution in [2.45, 2.75) is 25.0 Å². The third-order valence-electron chi connectivity index (χ3n) is 3.42. The molecule has 1 aliphatic rings. The average Bonchev–Trinajstić information content (AvgIpc) is 2.84. The maximum Gasteiger partial charge on any atom is 0.326 e. The second-order valence-corrected chi connectivity index (χ2v) is 5.00. The normalized spacial score (nSPS) is 21.6. The standard InChI is InChI=1S/C13H24N2O6/c1-20-6-3-4-14(5-7-21-2)13(19)15-9-10(16)8-11(15)12(17)18/h10-11,16H,3-9H2,1-2H3,(H,17,18). The maximum atomic E-state index is 12.5. The molecular formula is C13H24N2O6. The van der Waals surface area contributed by atoms with E-state index in [1.54, 1.807) is 7.11 Å². The molecule has 2 N–H and O–H groups in total. The molecule has 21 heavy (non-hydrogen) atoms. The first kappa shape index (κ1) is 17.7. The Morgan fingerprint density at radius 1 is 1.24 bits per heavy atom. The number of carbonyl (C=O) groups is 2. The Hall–Kier alpha value is -1.38. The number of nitrogens with zero attached hydrogens (tertiary/aromatic N) is 2. The number of hydrogen-bond acceptors (Lipinski definition) is 5. The Morgan fingerprint density at radius 2 is 1.90 bits per heavy atom. The quantitative estimate of drug-likeness (QED) is 0.593. The van der Waals surface area contributed by atoms with Gasteiger partial charge in [-0.25, -0.2) is 9.59 Å². The zero-order valence-corrected chi connectivity index (χ0v) is 12.5. The van der Waals surface area contributed by atoms with Gasteiger partial charge in [0.15, 0.2) is 0 Å². The van der Waals surface area contributed by atoms with Crippen LogP contribution in [0.2, 0.25) is 0 Å². The van der Waals surface area contributed by atoms with Gasteiger partial charge in [0.05, 0.1) is 12.7 Å². The molecule has 1 heterocycles. The van der Waals surface area contributed by atoms with Crippen LogP contribution >= 0.6 is 0 Å². The van der Waals surface area contributed by atoms with Crippen LogP contribution in [0, 0.1) is 0 Å². The fourth-order valence-electron chi connectivity index (χ4n) is 2.35. The van der Waals surface area contributed by atoms with Gasteiger partial charge in [0, 0.05) is 46.9 Å². The first-order valence-corrected chi connectivity index (χ1v) is 6.95. The van der Waals surface area contributed by atoms with Crippen molar-refractivity contribution in [1.82, 2.24) is 9.80 Å². The number of hydrogen-bond donors (Lipinski definition) is 2. The second-order valence-electron chi connectivity index (χ2n) is 5.00. The van der Waals surface area contributed by atoms with E-state index >= 15 is 0 Å². The molecule has 0 spiro atoms. The molecule has 2 unspecified atom stereocenters. The summed E-state index contributed by atoms with van der Waals surface area (Å²) in [4.78, 5) is 26.4. The molecule has 0 radical (unpaired) electrons. The SMILES string of the molecule is COCCCN(CCOC)C(=O)N1CC(O)CC1C(=O)O. The minimum atomic E-state index is -1.09. The maximum absolute atomic E-state index is 12.5. The third-order valence-corrected chi connectivity index (χ3v) is 3.42. The molecule has 122 valence electrons. The smallest absolute Gasteiger partial charge is 0.326 e. The Bertz CT molecular complexity index is 352. The Labute approximate surface area is 124 Å². The minimum Gasteiger partial charge on any atom is -0.480 e. The van der Waals surface area contributed by atoms with E-state index in [0.717, 1.165) is 0 Å². The van der Waals surface area contributed by atoms with Crippen molar-refractivity contribution in [3.8, 4) is 0 Å². The van der Waals surface area contributed by atoms with Gasteiger partial charge in [-0.3, -0.25) is 0 Å². The van der Waals surface area contributed by atoms with Gasteiger partial charge < -0.3 is 29.5 Å². The van der Waals surface area contributed by atoms with Gasteiger partial charge in [0.25, 0.3) is 0 Å². The summed E-state index contributed by atoms with van der Waals surface area (Å²) in [5.74, 6) is -1.09. The van der Waals surface area contributed by atoms with Crippen LogP contribution in [0.15, 0.2) is 0 Å². The van der Waals surface area contributed by atoms with Crippen molar-refractivity contribution in [2.75, 3.05) is 47.1 Å². The van der Waals surface area contributed by atoms with Crippen molar-refractivity contribution >= 4 is 12.0 Å². The fraction of sp³-hybridized carbons (Fsp3) is 0.846. The Morgan fingerprint density at radius 3 is 2.48 bits per heavy atom. The van der Waals surface area contributed by atoms with Crippen LogP contribution < -0.4 is 0 Å². The monoisotopic (exact) mass is 304 g/mol. The van der Waals surface area contributed by atoms with Crippen LogP contribution in [0.5, 0.6) is 0 Å². The second kappa shape index (κ2) is 8.81. The summed E-state index contributed by atoms with van der Waals surface area (Å²) in [6.45, 7) is 1.76. The highest BCUT2D eigenvalue weighted by atomic mass is 16.5. The van der Waals surface area contributed by atoms with Gasteiger partial charge >= 0.3 is 12.0 Å². The van der Waals surface area contributed by atoms with E-state index in [4.69, 9.17) is 14.6 Å². The molecule has 2 atom stereocenters. The fourth-order valence-corrected chi connectivity index (χ4v) is 2.35. The number of aliphatic hydroxyl groups is 1. The molecule has 1 fully saturated rings. The molecule has 0 bridgehead atoms. The van der Waals surface area contributed by atoms with E-state index in [0.29, 0.717) is 32.7 Å². The summed E-state index contributed by atoms with van der Waals surface area (Å²) in [5, 5.41) is 18.8. The first-order chi connectivity index (χ1) is 10.0. The van der Waals surface area contributed by atoms with E-state index in [1.807, 2.05) is 0 Å². The summed E-state index contributed by atoms with van der Waals surface area (Å²) < 4.78 is 9.94. The number of β-amino-alcohol motifs (C(OH)–C–C–N with tert-alkyl or cyclic N) is 1. The lowest BCUT2D eigenvalue weighted by molar-refractivity contribution is -0.141.